The number of carbonyl (C=O) groups is 3. The number of nitrogens with zero attached hydrogens (tertiary/aromatic N) is 2. The molecule has 2 heterocycles. The molecule has 1 aromatic rings. The number of rotatable bonds is 5. The summed E-state index contributed by atoms with van der Waals surface area (Å²) in [7, 11) is 1.53. The molecule has 3 rings (SSSR count). The smallest absolute Gasteiger partial charge is 0.309 e. The van der Waals surface area contributed by atoms with E-state index in [9.17, 15) is 14.4 Å². The number of carbonyl (C=O) groups excluding carboxylic acids is 3. The van der Waals surface area contributed by atoms with Gasteiger partial charge in [-0.15, -0.1) is 0 Å². The van der Waals surface area contributed by atoms with Crippen LogP contribution in [0.3, 0.4) is 0 Å². The van der Waals surface area contributed by atoms with Crippen molar-refractivity contribution in [2.75, 3.05) is 31.7 Å². The van der Waals surface area contributed by atoms with Crippen LogP contribution < -0.4 is 15.0 Å². The first-order chi connectivity index (χ1) is 13.9. The highest BCUT2D eigenvalue weighted by Crippen LogP contribution is 2.26. The van der Waals surface area contributed by atoms with Crippen molar-refractivity contribution in [1.29, 1.82) is 0 Å². The molecule has 2 saturated heterocycles. The van der Waals surface area contributed by atoms with Crippen LogP contribution in [0, 0.1) is 5.92 Å². The van der Waals surface area contributed by atoms with Crippen molar-refractivity contribution in [3.8, 4) is 5.75 Å². The van der Waals surface area contributed by atoms with E-state index in [0.29, 0.717) is 44.0 Å². The van der Waals surface area contributed by atoms with Gasteiger partial charge >= 0.3 is 5.97 Å². The summed E-state index contributed by atoms with van der Waals surface area (Å²) in [5.74, 6) is -0.810. The first-order valence-electron chi connectivity index (χ1n) is 9.41. The molecular formula is C20H23N3O5S. The van der Waals surface area contributed by atoms with Gasteiger partial charge in [-0.1, -0.05) is 6.07 Å². The Morgan fingerprint density at radius 3 is 2.69 bits per heavy atom. The van der Waals surface area contributed by atoms with Gasteiger partial charge in [-0.25, -0.2) is 0 Å². The van der Waals surface area contributed by atoms with Gasteiger partial charge in [-0.2, -0.15) is 0 Å². The van der Waals surface area contributed by atoms with Gasteiger partial charge in [-0.3, -0.25) is 24.6 Å². The lowest BCUT2D eigenvalue weighted by atomic mass is 9.97. The molecule has 0 unspecified atom stereocenters. The van der Waals surface area contributed by atoms with Gasteiger partial charge in [0, 0.05) is 25.4 Å². The summed E-state index contributed by atoms with van der Waals surface area (Å²) < 4.78 is 10.3. The van der Waals surface area contributed by atoms with E-state index >= 15 is 0 Å². The number of nitrogens with one attached hydrogen (secondary N) is 1. The molecule has 1 N–H and O–H groups in total. The Balaban J connectivity index is 1.76. The topological polar surface area (TPSA) is 88.2 Å². The molecule has 29 heavy (non-hydrogen) atoms. The standard InChI is InChI=1S/C20H23N3O5S/c1-3-28-19(26)13-7-9-22(10-8-13)12-16-17(24)21-20(29)23(18(16)25)14-5-4-6-15(11-14)27-2/h4-6,11-13H,3,7-10H2,1-2H3,(H,21,24,29)/b16-12-. The maximum Gasteiger partial charge on any atom is 0.309 e. The van der Waals surface area contributed by atoms with Crippen molar-refractivity contribution in [3.63, 3.8) is 0 Å². The van der Waals surface area contributed by atoms with Crippen LogP contribution in [0.25, 0.3) is 0 Å². The van der Waals surface area contributed by atoms with Crippen molar-refractivity contribution < 1.29 is 23.9 Å². The number of hydrogen-bond donors (Lipinski definition) is 1. The minimum absolute atomic E-state index is 0.00370. The Kier molecular flexibility index (Phi) is 6.48. The summed E-state index contributed by atoms with van der Waals surface area (Å²) in [6, 6.07) is 6.88. The molecule has 0 aromatic heterocycles. The molecule has 1 aromatic carbocycles. The van der Waals surface area contributed by atoms with E-state index < -0.39 is 11.8 Å². The summed E-state index contributed by atoms with van der Waals surface area (Å²) in [5, 5.41) is 2.59. The average molecular weight is 417 g/mol. The Bertz CT molecular complexity index is 861. The Morgan fingerprint density at radius 2 is 2.03 bits per heavy atom. The van der Waals surface area contributed by atoms with Gasteiger partial charge < -0.3 is 14.4 Å². The fourth-order valence-electron chi connectivity index (χ4n) is 3.34. The zero-order valence-corrected chi connectivity index (χ0v) is 17.2. The van der Waals surface area contributed by atoms with Crippen molar-refractivity contribution >= 4 is 40.8 Å². The third-order valence-electron chi connectivity index (χ3n) is 4.87. The van der Waals surface area contributed by atoms with Crippen LogP contribution in [0.5, 0.6) is 5.75 Å². The Labute approximate surface area is 174 Å². The van der Waals surface area contributed by atoms with E-state index in [-0.39, 0.29) is 22.6 Å². The molecule has 2 aliphatic heterocycles. The zero-order valence-electron chi connectivity index (χ0n) is 16.3. The van der Waals surface area contributed by atoms with Gasteiger partial charge in [-0.05, 0) is 44.1 Å². The highest BCUT2D eigenvalue weighted by atomic mass is 32.1. The molecule has 8 nitrogen and oxygen atoms in total. The average Bonchev–Trinajstić information content (AvgIpc) is 2.72. The number of esters is 1. The lowest BCUT2D eigenvalue weighted by Crippen LogP contribution is -2.54. The van der Waals surface area contributed by atoms with E-state index in [0.717, 1.165) is 0 Å². The maximum absolute atomic E-state index is 13.0. The zero-order chi connectivity index (χ0) is 21.0. The normalized spacial score (nSPS) is 19.4. The molecule has 0 atom stereocenters. The largest absolute Gasteiger partial charge is 0.497 e. The lowest BCUT2D eigenvalue weighted by molar-refractivity contribution is -0.149. The van der Waals surface area contributed by atoms with Crippen molar-refractivity contribution in [2.24, 2.45) is 5.92 Å². The van der Waals surface area contributed by atoms with Crippen LogP contribution >= 0.6 is 12.2 Å². The molecular weight excluding hydrogens is 394 g/mol. The fraction of sp³-hybridized carbons (Fsp3) is 0.400. The van der Waals surface area contributed by atoms with Crippen LogP contribution in [0.15, 0.2) is 36.0 Å². The third-order valence-corrected chi connectivity index (χ3v) is 5.16. The molecule has 0 saturated carbocycles. The van der Waals surface area contributed by atoms with E-state index in [1.165, 1.54) is 12.0 Å². The molecule has 9 heteroatoms. The Morgan fingerprint density at radius 1 is 1.31 bits per heavy atom. The summed E-state index contributed by atoms with van der Waals surface area (Å²) >= 11 is 5.21. The molecule has 154 valence electrons. The van der Waals surface area contributed by atoms with E-state index in [4.69, 9.17) is 21.7 Å². The first kappa shape index (κ1) is 20.8. The summed E-state index contributed by atoms with van der Waals surface area (Å²) in [5.41, 5.74) is 0.502. The second-order valence-corrected chi connectivity index (χ2v) is 7.09. The number of ether oxygens (including phenoxy) is 2. The second kappa shape index (κ2) is 9.04. The van der Waals surface area contributed by atoms with Crippen LogP contribution in [0.1, 0.15) is 19.8 Å². The van der Waals surface area contributed by atoms with E-state index in [1.54, 1.807) is 37.4 Å². The van der Waals surface area contributed by atoms with E-state index in [1.807, 2.05) is 4.90 Å². The predicted molar refractivity (Wildman–Crippen MR) is 110 cm³/mol. The number of hydrogen-bond acceptors (Lipinski definition) is 7. The van der Waals surface area contributed by atoms with Gasteiger partial charge in [0.25, 0.3) is 11.8 Å². The number of likely N-dealkylation sites (tertiary alicyclic amines) is 1. The summed E-state index contributed by atoms with van der Waals surface area (Å²) in [4.78, 5) is 40.5. The number of piperidine rings is 1. The van der Waals surface area contributed by atoms with Crippen LogP contribution in [0.4, 0.5) is 5.69 Å². The van der Waals surface area contributed by atoms with Crippen molar-refractivity contribution in [2.45, 2.75) is 19.8 Å². The summed E-state index contributed by atoms with van der Waals surface area (Å²) in [6.45, 7) is 3.25. The number of amides is 2. The van der Waals surface area contributed by atoms with Crippen LogP contribution in [-0.2, 0) is 19.1 Å². The molecule has 0 spiro atoms. The lowest BCUT2D eigenvalue weighted by Gasteiger charge is -2.33. The second-order valence-electron chi connectivity index (χ2n) is 6.71. The quantitative estimate of drug-likeness (QED) is 0.337. The van der Waals surface area contributed by atoms with Crippen molar-refractivity contribution in [3.05, 3.63) is 36.0 Å². The highest BCUT2D eigenvalue weighted by Gasteiger charge is 2.36. The highest BCUT2D eigenvalue weighted by molar-refractivity contribution is 7.80. The number of benzene rings is 1. The molecule has 2 aliphatic rings. The predicted octanol–water partition coefficient (Wildman–Crippen LogP) is 1.60. The molecule has 2 amide bonds. The number of thiocarbonyl (C=S) groups is 1. The molecule has 0 aliphatic carbocycles. The number of methoxy groups -OCH3 is 1. The van der Waals surface area contributed by atoms with E-state index in [2.05, 4.69) is 5.32 Å². The maximum atomic E-state index is 13.0. The van der Waals surface area contributed by atoms with Gasteiger partial charge in [0.15, 0.2) is 5.11 Å². The number of anilines is 1. The van der Waals surface area contributed by atoms with Gasteiger partial charge in [0.2, 0.25) is 0 Å². The monoisotopic (exact) mass is 417 g/mol. The fourth-order valence-corrected chi connectivity index (χ4v) is 3.62. The van der Waals surface area contributed by atoms with Gasteiger partial charge in [0.1, 0.15) is 11.3 Å². The third kappa shape index (κ3) is 4.56. The Hall–Kier alpha value is -2.94. The molecule has 0 bridgehead atoms. The minimum Gasteiger partial charge on any atom is -0.497 e. The summed E-state index contributed by atoms with van der Waals surface area (Å²) in [6.07, 6.45) is 2.76. The minimum atomic E-state index is -0.535. The molecule has 0 radical (unpaired) electrons. The van der Waals surface area contributed by atoms with Crippen molar-refractivity contribution in [1.82, 2.24) is 10.2 Å². The first-order valence-corrected chi connectivity index (χ1v) is 9.81. The van der Waals surface area contributed by atoms with Crippen LogP contribution in [0.2, 0.25) is 0 Å². The SMILES string of the molecule is CCOC(=O)C1CCN(/C=C2/C(=O)NC(=S)N(c3cccc(OC)c3)C2=O)CC1. The van der Waals surface area contributed by atoms with Gasteiger partial charge in [0.05, 0.1) is 25.3 Å². The molecule has 2 fully saturated rings. The van der Waals surface area contributed by atoms with Crippen LogP contribution in [-0.4, -0.2) is 54.6 Å².